The Kier molecular flexibility index (Phi) is 5.61. The molecule has 7 heteroatoms. The molecule has 3 heterocycles. The lowest BCUT2D eigenvalue weighted by Gasteiger charge is -2.35. The summed E-state index contributed by atoms with van der Waals surface area (Å²) in [6, 6.07) is 18.1. The maximum Gasteiger partial charge on any atom is 0.254 e. The van der Waals surface area contributed by atoms with Crippen LogP contribution in [0.2, 0.25) is 0 Å². The van der Waals surface area contributed by atoms with E-state index < -0.39 is 0 Å². The molecular weight excluding hydrogens is 400 g/mol. The number of aromatic nitrogens is 4. The summed E-state index contributed by atoms with van der Waals surface area (Å²) in [5.74, 6) is 0.926. The summed E-state index contributed by atoms with van der Waals surface area (Å²) >= 11 is 0. The van der Waals surface area contributed by atoms with Gasteiger partial charge in [0.1, 0.15) is 5.82 Å². The monoisotopic (exact) mass is 424 g/mol. The van der Waals surface area contributed by atoms with Crippen molar-refractivity contribution < 1.29 is 4.79 Å². The number of nitrogens with zero attached hydrogens (tertiary/aromatic N) is 6. The number of hydrogen-bond acceptors (Lipinski definition) is 5. The lowest BCUT2D eigenvalue weighted by molar-refractivity contribution is 0.0747. The number of carbonyl (C=O) groups is 1. The van der Waals surface area contributed by atoms with Crippen molar-refractivity contribution in [2.75, 3.05) is 31.1 Å². The van der Waals surface area contributed by atoms with Gasteiger partial charge in [-0.3, -0.25) is 14.5 Å². The Labute approximate surface area is 187 Å². The van der Waals surface area contributed by atoms with E-state index in [1.165, 1.54) is 5.56 Å². The van der Waals surface area contributed by atoms with Gasteiger partial charge in [0, 0.05) is 56.5 Å². The molecule has 1 aliphatic rings. The molecule has 32 heavy (non-hydrogen) atoms. The molecule has 2 aromatic carbocycles. The molecule has 5 rings (SSSR count). The minimum absolute atomic E-state index is 0.0695. The Hall–Kier alpha value is -4.00. The topological polar surface area (TPSA) is 67.2 Å². The van der Waals surface area contributed by atoms with E-state index in [-0.39, 0.29) is 5.91 Å². The smallest absolute Gasteiger partial charge is 0.254 e. The van der Waals surface area contributed by atoms with Crippen LogP contribution in [0, 0.1) is 0 Å². The molecule has 1 fully saturated rings. The minimum atomic E-state index is 0.0695. The van der Waals surface area contributed by atoms with E-state index in [1.807, 2.05) is 46.1 Å². The molecule has 2 aromatic heterocycles. The summed E-state index contributed by atoms with van der Waals surface area (Å²) in [6.45, 7) is 3.53. The van der Waals surface area contributed by atoms with Crippen molar-refractivity contribution in [3.63, 3.8) is 0 Å². The van der Waals surface area contributed by atoms with Gasteiger partial charge < -0.3 is 9.80 Å². The van der Waals surface area contributed by atoms with E-state index in [2.05, 4.69) is 44.2 Å². The predicted molar refractivity (Wildman–Crippen MR) is 123 cm³/mol. The van der Waals surface area contributed by atoms with Gasteiger partial charge in [0.15, 0.2) is 0 Å². The summed E-state index contributed by atoms with van der Waals surface area (Å²) in [4.78, 5) is 26.0. The zero-order valence-corrected chi connectivity index (χ0v) is 17.7. The molecule has 7 nitrogen and oxygen atoms in total. The van der Waals surface area contributed by atoms with E-state index in [1.54, 1.807) is 24.8 Å². The standard InChI is InChI=1S/C25H24N6O/c32-25(30-16-14-29(15-17-30)24-18-26-11-12-27-24)23-5-2-1-4-22(23)21-8-6-20(7-9-21)19-31-13-3-10-28-31/h1-13,18H,14-17,19H2. The molecule has 0 saturated carbocycles. The lowest BCUT2D eigenvalue weighted by Crippen LogP contribution is -2.49. The van der Waals surface area contributed by atoms with Crippen molar-refractivity contribution in [1.82, 2.24) is 24.6 Å². The second-order valence-electron chi connectivity index (χ2n) is 7.79. The third kappa shape index (κ3) is 4.23. The predicted octanol–water partition coefficient (Wildman–Crippen LogP) is 3.35. The Balaban J connectivity index is 1.30. The number of benzene rings is 2. The summed E-state index contributed by atoms with van der Waals surface area (Å²) in [5.41, 5.74) is 3.90. The van der Waals surface area contributed by atoms with Gasteiger partial charge >= 0.3 is 0 Å². The maximum absolute atomic E-state index is 13.4. The largest absolute Gasteiger partial charge is 0.352 e. The quantitative estimate of drug-likeness (QED) is 0.492. The molecule has 1 amide bonds. The first-order valence-corrected chi connectivity index (χ1v) is 10.7. The van der Waals surface area contributed by atoms with Crippen molar-refractivity contribution in [1.29, 1.82) is 0 Å². The number of rotatable bonds is 5. The molecule has 0 bridgehead atoms. The van der Waals surface area contributed by atoms with Crippen LogP contribution < -0.4 is 4.90 Å². The number of hydrogen-bond donors (Lipinski definition) is 0. The first-order valence-electron chi connectivity index (χ1n) is 10.7. The fourth-order valence-corrected chi connectivity index (χ4v) is 4.06. The molecule has 1 aliphatic heterocycles. The van der Waals surface area contributed by atoms with Crippen molar-refractivity contribution in [2.45, 2.75) is 6.54 Å². The Morgan fingerprint density at radius 2 is 1.69 bits per heavy atom. The number of anilines is 1. The van der Waals surface area contributed by atoms with Gasteiger partial charge in [-0.15, -0.1) is 0 Å². The van der Waals surface area contributed by atoms with Crippen molar-refractivity contribution >= 4 is 11.7 Å². The van der Waals surface area contributed by atoms with Crippen molar-refractivity contribution in [3.05, 3.63) is 96.7 Å². The van der Waals surface area contributed by atoms with Crippen LogP contribution in [0.5, 0.6) is 0 Å². The molecule has 0 N–H and O–H groups in total. The highest BCUT2D eigenvalue weighted by molar-refractivity contribution is 6.01. The summed E-state index contributed by atoms with van der Waals surface area (Å²) in [7, 11) is 0. The Morgan fingerprint density at radius 1 is 0.875 bits per heavy atom. The van der Waals surface area contributed by atoms with E-state index >= 15 is 0 Å². The minimum Gasteiger partial charge on any atom is -0.352 e. The van der Waals surface area contributed by atoms with Gasteiger partial charge in [-0.1, -0.05) is 42.5 Å². The molecule has 0 aliphatic carbocycles. The second-order valence-corrected chi connectivity index (χ2v) is 7.79. The van der Waals surface area contributed by atoms with Crippen LogP contribution in [0.1, 0.15) is 15.9 Å². The molecule has 1 saturated heterocycles. The molecule has 0 radical (unpaired) electrons. The van der Waals surface area contributed by atoms with E-state index in [4.69, 9.17) is 0 Å². The maximum atomic E-state index is 13.4. The lowest BCUT2D eigenvalue weighted by atomic mass is 9.97. The Bertz CT molecular complexity index is 1170. The third-order valence-electron chi connectivity index (χ3n) is 5.77. The highest BCUT2D eigenvalue weighted by Crippen LogP contribution is 2.26. The average Bonchev–Trinajstić information content (AvgIpc) is 3.38. The van der Waals surface area contributed by atoms with E-state index in [9.17, 15) is 4.79 Å². The van der Waals surface area contributed by atoms with E-state index in [0.717, 1.165) is 42.1 Å². The number of piperazine rings is 1. The SMILES string of the molecule is O=C(c1ccccc1-c1ccc(Cn2cccn2)cc1)N1CCN(c2cnccn2)CC1. The van der Waals surface area contributed by atoms with E-state index in [0.29, 0.717) is 13.1 Å². The van der Waals surface area contributed by atoms with Gasteiger partial charge in [0.2, 0.25) is 0 Å². The summed E-state index contributed by atoms with van der Waals surface area (Å²) in [5, 5.41) is 4.26. The fraction of sp³-hybridized carbons (Fsp3) is 0.200. The zero-order valence-electron chi connectivity index (χ0n) is 17.7. The van der Waals surface area contributed by atoms with Crippen molar-refractivity contribution in [2.24, 2.45) is 0 Å². The van der Waals surface area contributed by atoms with Gasteiger partial charge in [0.05, 0.1) is 12.7 Å². The van der Waals surface area contributed by atoms with Crippen LogP contribution in [-0.2, 0) is 6.54 Å². The first-order chi connectivity index (χ1) is 15.8. The number of amides is 1. The molecule has 160 valence electrons. The molecule has 0 spiro atoms. The average molecular weight is 425 g/mol. The highest BCUT2D eigenvalue weighted by Gasteiger charge is 2.24. The van der Waals surface area contributed by atoms with Crippen LogP contribution in [0.3, 0.4) is 0 Å². The third-order valence-corrected chi connectivity index (χ3v) is 5.77. The summed E-state index contributed by atoms with van der Waals surface area (Å²) < 4.78 is 1.90. The van der Waals surface area contributed by atoms with Gasteiger partial charge in [-0.05, 0) is 28.8 Å². The zero-order chi connectivity index (χ0) is 21.8. The Morgan fingerprint density at radius 3 is 2.41 bits per heavy atom. The molecule has 0 atom stereocenters. The first kappa shape index (κ1) is 19.9. The number of carbonyl (C=O) groups excluding carboxylic acids is 1. The van der Waals surface area contributed by atoms with Crippen LogP contribution in [0.15, 0.2) is 85.6 Å². The molecule has 4 aromatic rings. The van der Waals surface area contributed by atoms with Gasteiger partial charge in [-0.25, -0.2) is 4.98 Å². The van der Waals surface area contributed by atoms with Crippen LogP contribution in [-0.4, -0.2) is 56.7 Å². The fourth-order valence-electron chi connectivity index (χ4n) is 4.06. The van der Waals surface area contributed by atoms with Crippen LogP contribution >= 0.6 is 0 Å². The molecular formula is C25H24N6O. The van der Waals surface area contributed by atoms with Crippen LogP contribution in [0.25, 0.3) is 11.1 Å². The highest BCUT2D eigenvalue weighted by atomic mass is 16.2. The summed E-state index contributed by atoms with van der Waals surface area (Å²) in [6.07, 6.45) is 8.87. The van der Waals surface area contributed by atoms with Crippen molar-refractivity contribution in [3.8, 4) is 11.1 Å². The van der Waals surface area contributed by atoms with Gasteiger partial charge in [0.25, 0.3) is 5.91 Å². The van der Waals surface area contributed by atoms with Crippen LogP contribution in [0.4, 0.5) is 5.82 Å². The second kappa shape index (κ2) is 9.01. The van der Waals surface area contributed by atoms with Gasteiger partial charge in [-0.2, -0.15) is 5.10 Å². The normalized spacial score (nSPS) is 13.9. The molecule has 0 unspecified atom stereocenters.